The Morgan fingerprint density at radius 1 is 1.12 bits per heavy atom. The average molecular weight is 495 g/mol. The lowest BCUT2D eigenvalue weighted by molar-refractivity contribution is -0.120. The number of hydrogen-bond acceptors (Lipinski definition) is 6. The molecule has 1 N–H and O–H groups in total. The van der Waals surface area contributed by atoms with Gasteiger partial charge in [-0.15, -0.1) is 0 Å². The van der Waals surface area contributed by atoms with Crippen LogP contribution < -0.4 is 9.04 Å². The van der Waals surface area contributed by atoms with Crippen molar-refractivity contribution in [1.29, 1.82) is 4.78 Å². The second-order valence-corrected chi connectivity index (χ2v) is 13.5. The zero-order valence-corrected chi connectivity index (χ0v) is 21.6. The monoisotopic (exact) mass is 494 g/mol. The van der Waals surface area contributed by atoms with Crippen LogP contribution in [0.2, 0.25) is 0 Å². The lowest BCUT2D eigenvalue weighted by Gasteiger charge is -2.37. The van der Waals surface area contributed by atoms with Crippen LogP contribution in [0.1, 0.15) is 33.3 Å². The topological polar surface area (TPSA) is 96.8 Å². The number of nitrogens with zero attached hydrogens (tertiary/aromatic N) is 1. The molecule has 0 bridgehead atoms. The third-order valence-corrected chi connectivity index (χ3v) is 8.51. The molecule has 3 rings (SSSR count). The summed E-state index contributed by atoms with van der Waals surface area (Å²) < 4.78 is 60.8. The van der Waals surface area contributed by atoms with E-state index in [-0.39, 0.29) is 26.9 Å². The second-order valence-electron chi connectivity index (χ2n) is 9.49. The number of benzene rings is 2. The molecular weight excluding hydrogens is 460 g/mol. The van der Waals surface area contributed by atoms with Gasteiger partial charge in [0.1, 0.15) is 5.75 Å². The van der Waals surface area contributed by atoms with E-state index in [1.807, 2.05) is 52.0 Å². The first-order valence-corrected chi connectivity index (χ1v) is 14.5. The largest absolute Gasteiger partial charge is 0.492 e. The van der Waals surface area contributed by atoms with Gasteiger partial charge in [-0.05, 0) is 48.2 Å². The Kier molecular flexibility index (Phi) is 7.45. The van der Waals surface area contributed by atoms with Crippen LogP contribution >= 0.6 is 0 Å². The Morgan fingerprint density at radius 2 is 1.76 bits per heavy atom. The Bertz CT molecular complexity index is 1190. The molecule has 9 heteroatoms. The van der Waals surface area contributed by atoms with Crippen LogP contribution in [0.5, 0.6) is 5.75 Å². The Morgan fingerprint density at radius 3 is 2.24 bits per heavy atom. The maximum absolute atomic E-state index is 13.7. The fourth-order valence-electron chi connectivity index (χ4n) is 3.56. The van der Waals surface area contributed by atoms with Crippen LogP contribution in [-0.4, -0.2) is 45.2 Å². The highest BCUT2D eigenvalue weighted by Gasteiger charge is 2.35. The number of sulfonamides is 1. The van der Waals surface area contributed by atoms with E-state index in [0.29, 0.717) is 32.1 Å². The minimum atomic E-state index is -3.96. The van der Waals surface area contributed by atoms with Crippen molar-refractivity contribution in [3.05, 3.63) is 48.0 Å². The zero-order chi connectivity index (χ0) is 24.4. The third-order valence-electron chi connectivity index (χ3n) is 5.56. The van der Waals surface area contributed by atoms with Gasteiger partial charge in [-0.1, -0.05) is 39.8 Å². The number of ether oxygens (including phenoxy) is 2. The minimum absolute atomic E-state index is 0.00918. The van der Waals surface area contributed by atoms with Gasteiger partial charge in [0.15, 0.2) is 0 Å². The Labute approximate surface area is 198 Å². The van der Waals surface area contributed by atoms with E-state index in [2.05, 4.69) is 0 Å². The summed E-state index contributed by atoms with van der Waals surface area (Å²) in [4.78, 5) is 0.0725. The van der Waals surface area contributed by atoms with Crippen molar-refractivity contribution in [3.63, 3.8) is 0 Å². The third kappa shape index (κ3) is 5.88. The van der Waals surface area contributed by atoms with Crippen LogP contribution in [0.3, 0.4) is 0 Å². The summed E-state index contributed by atoms with van der Waals surface area (Å²) in [6.07, 6.45) is 2.14. The molecule has 2 aromatic rings. The molecule has 0 aliphatic carbocycles. The van der Waals surface area contributed by atoms with Crippen LogP contribution in [-0.2, 0) is 30.9 Å². The Balaban J connectivity index is 2.01. The summed E-state index contributed by atoms with van der Waals surface area (Å²) in [5, 5.41) is 0. The van der Waals surface area contributed by atoms with E-state index in [9.17, 15) is 12.6 Å². The van der Waals surface area contributed by atoms with Crippen molar-refractivity contribution in [2.24, 2.45) is 11.3 Å². The molecule has 2 aromatic carbocycles. The van der Waals surface area contributed by atoms with Gasteiger partial charge in [-0.25, -0.2) is 17.4 Å². The van der Waals surface area contributed by atoms with Gasteiger partial charge in [-0.3, -0.25) is 4.31 Å². The molecular formula is C24H34N2O5S2. The normalized spacial score (nSPS) is 17.3. The number of anilines is 1. The molecule has 7 nitrogen and oxygen atoms in total. The molecule has 1 unspecified atom stereocenters. The van der Waals surface area contributed by atoms with Crippen molar-refractivity contribution in [3.8, 4) is 5.75 Å². The van der Waals surface area contributed by atoms with Crippen molar-refractivity contribution >= 4 is 25.4 Å². The summed E-state index contributed by atoms with van der Waals surface area (Å²) in [7, 11) is -7.19. The summed E-state index contributed by atoms with van der Waals surface area (Å²) in [5.74, 6) is 0.358. The van der Waals surface area contributed by atoms with Crippen LogP contribution in [0, 0.1) is 16.1 Å². The van der Waals surface area contributed by atoms with Gasteiger partial charge >= 0.3 is 0 Å². The number of rotatable bonds is 10. The highest BCUT2D eigenvalue weighted by atomic mass is 32.2. The van der Waals surface area contributed by atoms with Gasteiger partial charge in [-0.2, -0.15) is 0 Å². The van der Waals surface area contributed by atoms with E-state index in [1.54, 1.807) is 0 Å². The van der Waals surface area contributed by atoms with Crippen molar-refractivity contribution in [1.82, 2.24) is 0 Å². The molecule has 1 aliphatic rings. The van der Waals surface area contributed by atoms with E-state index in [0.717, 1.165) is 12.0 Å². The smallest absolute Gasteiger partial charge is 0.264 e. The van der Waals surface area contributed by atoms with Crippen LogP contribution in [0.25, 0.3) is 0 Å². The summed E-state index contributed by atoms with van der Waals surface area (Å²) in [6.45, 7) is 9.75. The zero-order valence-electron chi connectivity index (χ0n) is 20.0. The number of hydrogen-bond donors (Lipinski definition) is 1. The predicted molar refractivity (Wildman–Crippen MR) is 131 cm³/mol. The van der Waals surface area contributed by atoms with Crippen molar-refractivity contribution < 1.29 is 22.1 Å². The van der Waals surface area contributed by atoms with Crippen molar-refractivity contribution in [2.75, 3.05) is 36.9 Å². The lowest BCUT2D eigenvalue weighted by atomic mass is 9.90. The van der Waals surface area contributed by atoms with Gasteiger partial charge in [0.25, 0.3) is 10.0 Å². The minimum Gasteiger partial charge on any atom is -0.492 e. The van der Waals surface area contributed by atoms with E-state index in [1.165, 1.54) is 28.8 Å². The molecule has 1 aliphatic heterocycles. The summed E-state index contributed by atoms with van der Waals surface area (Å²) in [5.41, 5.74) is 1.55. The van der Waals surface area contributed by atoms with Gasteiger partial charge in [0.2, 0.25) is 0 Å². The van der Waals surface area contributed by atoms with E-state index < -0.39 is 19.8 Å². The summed E-state index contributed by atoms with van der Waals surface area (Å²) >= 11 is 0. The van der Waals surface area contributed by atoms with E-state index in [4.69, 9.17) is 14.3 Å². The van der Waals surface area contributed by atoms with Gasteiger partial charge in [0.05, 0.1) is 45.0 Å². The molecule has 0 saturated carbocycles. The highest BCUT2D eigenvalue weighted by molar-refractivity contribution is 7.93. The first-order valence-electron chi connectivity index (χ1n) is 11.1. The molecule has 1 fully saturated rings. The van der Waals surface area contributed by atoms with Gasteiger partial charge < -0.3 is 9.47 Å². The summed E-state index contributed by atoms with van der Waals surface area (Å²) in [6, 6.07) is 11.8. The predicted octanol–water partition coefficient (Wildman–Crippen LogP) is 4.55. The number of aryl methyl sites for hydroxylation is 1. The van der Waals surface area contributed by atoms with Gasteiger partial charge in [0, 0.05) is 18.2 Å². The van der Waals surface area contributed by atoms with Crippen molar-refractivity contribution in [2.45, 2.75) is 43.9 Å². The SMILES string of the molecule is CCc1ccc(N(CC(C)C)S(=O)(=O)c2ccc(OCC3(C)COC3)c(S(C)(=N)=O)c2)cc1. The fourth-order valence-corrected chi connectivity index (χ4v) is 6.15. The number of nitrogens with one attached hydrogen (secondary N) is 1. The molecule has 0 radical (unpaired) electrons. The lowest BCUT2D eigenvalue weighted by Crippen LogP contribution is -2.44. The maximum atomic E-state index is 13.7. The van der Waals surface area contributed by atoms with Crippen LogP contribution in [0.15, 0.2) is 52.3 Å². The molecule has 1 heterocycles. The molecule has 33 heavy (non-hydrogen) atoms. The van der Waals surface area contributed by atoms with E-state index >= 15 is 0 Å². The standard InChI is InChI=1S/C24H34N2O5S2/c1-6-19-7-9-20(10-8-19)26(14-18(2)3)33(28,29)21-11-12-22(23(13-21)32(5,25)27)31-17-24(4)15-30-16-24/h7-13,18,25H,6,14-17H2,1-5H3. The molecule has 0 amide bonds. The average Bonchev–Trinajstić information content (AvgIpc) is 2.73. The molecule has 182 valence electrons. The fraction of sp³-hybridized carbons (Fsp3) is 0.500. The quantitative estimate of drug-likeness (QED) is 0.523. The second kappa shape index (κ2) is 9.64. The highest BCUT2D eigenvalue weighted by Crippen LogP contribution is 2.33. The van der Waals surface area contributed by atoms with Crippen LogP contribution in [0.4, 0.5) is 5.69 Å². The molecule has 1 saturated heterocycles. The first kappa shape index (κ1) is 25.5. The molecule has 0 spiro atoms. The first-order chi connectivity index (χ1) is 15.4. The molecule has 1 atom stereocenters. The Hall–Kier alpha value is -2.10. The molecule has 0 aromatic heterocycles. The maximum Gasteiger partial charge on any atom is 0.264 e.